The van der Waals surface area contributed by atoms with E-state index in [0.29, 0.717) is 0 Å². The minimum absolute atomic E-state index is 0.0345. The first-order valence-corrected chi connectivity index (χ1v) is 6.60. The van der Waals surface area contributed by atoms with Gasteiger partial charge in [0.25, 0.3) is 0 Å². The van der Waals surface area contributed by atoms with E-state index < -0.39 is 6.10 Å². The monoisotopic (exact) mass is 290 g/mol. The van der Waals surface area contributed by atoms with Gasteiger partial charge in [-0.1, -0.05) is 76.6 Å². The first-order chi connectivity index (χ1) is 8.27. The smallest absolute Gasteiger partial charge is 0.0918 e. The van der Waals surface area contributed by atoms with Crippen molar-refractivity contribution >= 4 is 15.9 Å². The number of hydrogen-bond donors (Lipinski definition) is 1. The van der Waals surface area contributed by atoms with Crippen molar-refractivity contribution in [3.05, 3.63) is 71.8 Å². The second-order valence-electron chi connectivity index (χ2n) is 4.06. The lowest BCUT2D eigenvalue weighted by atomic mass is 10.0. The van der Waals surface area contributed by atoms with Crippen molar-refractivity contribution in [1.82, 2.24) is 0 Å². The molecule has 2 atom stereocenters. The van der Waals surface area contributed by atoms with Crippen molar-refractivity contribution < 1.29 is 5.11 Å². The summed E-state index contributed by atoms with van der Waals surface area (Å²) in [6, 6.07) is 19.9. The Bertz CT molecular complexity index is 441. The molecule has 1 N–H and O–H groups in total. The van der Waals surface area contributed by atoms with Crippen LogP contribution in [0.4, 0.5) is 0 Å². The van der Waals surface area contributed by atoms with Gasteiger partial charge in [0.1, 0.15) is 0 Å². The Kier molecular flexibility index (Phi) is 4.35. The highest BCUT2D eigenvalue weighted by Gasteiger charge is 2.17. The van der Waals surface area contributed by atoms with E-state index in [4.69, 9.17) is 0 Å². The summed E-state index contributed by atoms with van der Waals surface area (Å²) in [6.07, 6.45) is 0.341. The second kappa shape index (κ2) is 5.99. The maximum absolute atomic E-state index is 10.2. The average Bonchev–Trinajstić information content (AvgIpc) is 2.40. The molecule has 2 rings (SSSR count). The number of aliphatic hydroxyl groups is 1. The quantitative estimate of drug-likeness (QED) is 0.851. The van der Waals surface area contributed by atoms with Crippen LogP contribution in [0.25, 0.3) is 0 Å². The molecule has 0 unspecified atom stereocenters. The van der Waals surface area contributed by atoms with Crippen molar-refractivity contribution in [2.45, 2.75) is 17.4 Å². The Morgan fingerprint density at radius 1 is 0.882 bits per heavy atom. The first kappa shape index (κ1) is 12.3. The molecule has 0 aromatic heterocycles. The van der Waals surface area contributed by atoms with Crippen molar-refractivity contribution in [2.24, 2.45) is 0 Å². The zero-order valence-corrected chi connectivity index (χ0v) is 11.0. The Morgan fingerprint density at radius 2 is 1.41 bits per heavy atom. The lowest BCUT2D eigenvalue weighted by Crippen LogP contribution is -2.14. The van der Waals surface area contributed by atoms with Crippen LogP contribution in [0.3, 0.4) is 0 Å². The maximum Gasteiger partial charge on any atom is 0.0918 e. The summed E-state index contributed by atoms with van der Waals surface area (Å²) in [5.74, 6) is 0. The van der Waals surface area contributed by atoms with Crippen LogP contribution in [0, 0.1) is 0 Å². The van der Waals surface area contributed by atoms with Crippen molar-refractivity contribution in [1.29, 1.82) is 0 Å². The van der Waals surface area contributed by atoms with E-state index in [9.17, 15) is 5.11 Å². The Balaban J connectivity index is 2.03. The number of hydrogen-bond acceptors (Lipinski definition) is 1. The van der Waals surface area contributed by atoms with E-state index in [1.807, 2.05) is 48.5 Å². The van der Waals surface area contributed by atoms with E-state index >= 15 is 0 Å². The number of benzene rings is 2. The predicted molar refractivity (Wildman–Crippen MR) is 74.3 cm³/mol. The van der Waals surface area contributed by atoms with Crippen LogP contribution in [-0.2, 0) is 6.42 Å². The predicted octanol–water partition coefficient (Wildman–Crippen LogP) is 3.73. The van der Waals surface area contributed by atoms with Crippen LogP contribution in [0.15, 0.2) is 60.7 Å². The molecule has 0 heterocycles. The summed E-state index contributed by atoms with van der Waals surface area (Å²) in [5.41, 5.74) is 2.18. The first-order valence-electron chi connectivity index (χ1n) is 5.68. The van der Waals surface area contributed by atoms with Crippen molar-refractivity contribution in [2.75, 3.05) is 0 Å². The summed E-state index contributed by atoms with van der Waals surface area (Å²) in [5, 5.41) is 10.2. The van der Waals surface area contributed by atoms with Gasteiger partial charge in [0.05, 0.1) is 6.10 Å². The van der Waals surface area contributed by atoms with Crippen LogP contribution in [-0.4, -0.2) is 9.93 Å². The topological polar surface area (TPSA) is 20.2 Å². The van der Waals surface area contributed by atoms with Gasteiger partial charge in [0.2, 0.25) is 0 Å². The zero-order valence-electron chi connectivity index (χ0n) is 9.46. The van der Waals surface area contributed by atoms with E-state index in [0.717, 1.165) is 12.0 Å². The molecule has 0 saturated carbocycles. The molecule has 0 amide bonds. The number of aliphatic hydroxyl groups excluding tert-OH is 1. The summed E-state index contributed by atoms with van der Waals surface area (Å²) in [6.45, 7) is 0. The zero-order chi connectivity index (χ0) is 12.1. The van der Waals surface area contributed by atoms with Crippen molar-refractivity contribution in [3.8, 4) is 0 Å². The summed E-state index contributed by atoms with van der Waals surface area (Å²) in [4.78, 5) is 0.0345. The molecule has 0 aliphatic carbocycles. The van der Waals surface area contributed by atoms with Gasteiger partial charge in [-0.3, -0.25) is 0 Å². The lowest BCUT2D eigenvalue weighted by molar-refractivity contribution is 0.176. The molecule has 2 aromatic carbocycles. The van der Waals surface area contributed by atoms with Crippen LogP contribution < -0.4 is 0 Å². The normalized spacial score (nSPS) is 14.2. The highest BCUT2D eigenvalue weighted by atomic mass is 79.9. The molecule has 0 saturated heterocycles. The molecule has 0 aliphatic rings. The molecule has 0 spiro atoms. The Hall–Kier alpha value is -1.12. The highest BCUT2D eigenvalue weighted by Crippen LogP contribution is 2.25. The van der Waals surface area contributed by atoms with Gasteiger partial charge < -0.3 is 5.11 Å². The van der Waals surface area contributed by atoms with Crippen molar-refractivity contribution in [3.63, 3.8) is 0 Å². The Morgan fingerprint density at radius 3 is 2.00 bits per heavy atom. The molecule has 88 valence electrons. The molecule has 2 heteroatoms. The largest absolute Gasteiger partial charge is 0.387 e. The molecule has 0 aliphatic heterocycles. The lowest BCUT2D eigenvalue weighted by Gasteiger charge is -2.17. The minimum atomic E-state index is -0.476. The van der Waals surface area contributed by atoms with Gasteiger partial charge in [0, 0.05) is 4.83 Å². The van der Waals surface area contributed by atoms with Gasteiger partial charge in [-0.25, -0.2) is 0 Å². The van der Waals surface area contributed by atoms with E-state index in [1.54, 1.807) is 0 Å². The summed E-state index contributed by atoms with van der Waals surface area (Å²) in [7, 11) is 0. The molecule has 2 aromatic rings. The molecular formula is C15H15BrO. The van der Waals surface area contributed by atoms with Gasteiger partial charge in [-0.2, -0.15) is 0 Å². The van der Waals surface area contributed by atoms with Gasteiger partial charge in [-0.05, 0) is 17.5 Å². The molecule has 0 fully saturated rings. The number of halogens is 1. The molecule has 0 bridgehead atoms. The minimum Gasteiger partial charge on any atom is -0.387 e. The fourth-order valence-corrected chi connectivity index (χ4v) is 2.49. The molecule has 0 radical (unpaired) electrons. The Labute approximate surface area is 110 Å². The average molecular weight is 291 g/mol. The molecular weight excluding hydrogens is 276 g/mol. The van der Waals surface area contributed by atoms with Crippen LogP contribution in [0.1, 0.15) is 17.2 Å². The van der Waals surface area contributed by atoms with E-state index in [1.165, 1.54) is 5.56 Å². The summed E-state index contributed by atoms with van der Waals surface area (Å²) < 4.78 is 0. The fourth-order valence-electron chi connectivity index (χ4n) is 1.81. The van der Waals surface area contributed by atoms with Crippen LogP contribution >= 0.6 is 15.9 Å². The SMILES string of the molecule is O[C@H](c1ccccc1)[C@H](Br)Cc1ccccc1. The van der Waals surface area contributed by atoms with Crippen LogP contribution in [0.2, 0.25) is 0 Å². The fraction of sp³-hybridized carbons (Fsp3) is 0.200. The standard InChI is InChI=1S/C15H15BrO/c16-14(11-12-7-3-1-4-8-12)15(17)13-9-5-2-6-10-13/h1-10,14-15,17H,11H2/t14-,15-/m1/s1. The number of alkyl halides is 1. The third-order valence-corrected chi connectivity index (χ3v) is 3.58. The van der Waals surface area contributed by atoms with Gasteiger partial charge >= 0.3 is 0 Å². The molecule has 17 heavy (non-hydrogen) atoms. The maximum atomic E-state index is 10.2. The summed E-state index contributed by atoms with van der Waals surface area (Å²) >= 11 is 3.57. The van der Waals surface area contributed by atoms with Gasteiger partial charge in [0.15, 0.2) is 0 Å². The third kappa shape index (κ3) is 3.42. The molecule has 1 nitrogen and oxygen atoms in total. The third-order valence-electron chi connectivity index (χ3n) is 2.76. The highest BCUT2D eigenvalue weighted by molar-refractivity contribution is 9.09. The number of rotatable bonds is 4. The second-order valence-corrected chi connectivity index (χ2v) is 5.24. The van der Waals surface area contributed by atoms with E-state index in [2.05, 4.69) is 28.1 Å². The van der Waals surface area contributed by atoms with Gasteiger partial charge in [-0.15, -0.1) is 0 Å². The van der Waals surface area contributed by atoms with E-state index in [-0.39, 0.29) is 4.83 Å². The van der Waals surface area contributed by atoms with Crippen LogP contribution in [0.5, 0.6) is 0 Å².